The van der Waals surface area contributed by atoms with E-state index in [1.807, 2.05) is 6.07 Å². The molecule has 2 rings (SSSR count). The Hall–Kier alpha value is -3.18. The number of nitriles is 1. The van der Waals surface area contributed by atoms with E-state index in [1.165, 1.54) is 23.2 Å². The number of carbonyl (C=O) groups excluding carboxylic acids is 1. The van der Waals surface area contributed by atoms with Gasteiger partial charge in [-0.2, -0.15) is 5.26 Å². The molecule has 0 fully saturated rings. The van der Waals surface area contributed by atoms with E-state index in [-0.39, 0.29) is 18.7 Å². The second-order valence-corrected chi connectivity index (χ2v) is 5.67. The fourth-order valence-electron chi connectivity index (χ4n) is 2.21. The highest BCUT2D eigenvalue weighted by molar-refractivity contribution is 6.31. The molecule has 0 aliphatic carbocycles. The van der Waals surface area contributed by atoms with Crippen molar-refractivity contribution in [2.45, 2.75) is 13.3 Å². The highest BCUT2D eigenvalue weighted by Crippen LogP contribution is 2.25. The molecule has 134 valence electrons. The van der Waals surface area contributed by atoms with Crippen molar-refractivity contribution in [3.63, 3.8) is 0 Å². The Morgan fingerprint density at radius 3 is 2.88 bits per heavy atom. The molecule has 0 unspecified atom stereocenters. The van der Waals surface area contributed by atoms with Gasteiger partial charge in [0.05, 0.1) is 12.5 Å². The number of aryl methyl sites for hydroxylation is 1. The lowest BCUT2D eigenvalue weighted by molar-refractivity contribution is -0.390. The number of halogens is 1. The van der Waals surface area contributed by atoms with Crippen LogP contribution in [0.1, 0.15) is 12.0 Å². The van der Waals surface area contributed by atoms with Crippen LogP contribution >= 0.6 is 11.6 Å². The van der Waals surface area contributed by atoms with E-state index in [2.05, 4.69) is 4.98 Å². The van der Waals surface area contributed by atoms with Crippen LogP contribution in [0, 0.1) is 28.4 Å². The van der Waals surface area contributed by atoms with Gasteiger partial charge in [0.2, 0.25) is 5.75 Å². The monoisotopic (exact) mass is 374 g/mol. The molecule has 9 heteroatoms. The van der Waals surface area contributed by atoms with E-state index in [4.69, 9.17) is 21.6 Å². The fraction of sp³-hybridized carbons (Fsp3) is 0.235. The van der Waals surface area contributed by atoms with Gasteiger partial charge in [-0.1, -0.05) is 11.6 Å². The number of aromatic nitrogens is 1. The van der Waals surface area contributed by atoms with E-state index in [1.54, 1.807) is 25.1 Å². The molecule has 0 aliphatic heterocycles. The third-order valence-electron chi connectivity index (χ3n) is 3.48. The van der Waals surface area contributed by atoms with E-state index < -0.39 is 23.3 Å². The standard InChI is InChI=1S/C17H15ClN4O4/c1-12-10-13(5-6-14(12)18)21(9-3-7-19)16(23)11-26-15-4-2-8-20-17(15)22(24)25/h2,4-6,8,10H,3,9,11H2,1H3. The summed E-state index contributed by atoms with van der Waals surface area (Å²) in [4.78, 5) is 27.8. The molecule has 2 aromatic rings. The normalized spacial score (nSPS) is 10.0. The van der Waals surface area contributed by atoms with Gasteiger partial charge >= 0.3 is 5.82 Å². The Bertz CT molecular complexity index is 866. The first-order valence-electron chi connectivity index (χ1n) is 7.59. The predicted octanol–water partition coefficient (Wildman–Crippen LogP) is 3.28. The van der Waals surface area contributed by atoms with Crippen LogP contribution in [0.15, 0.2) is 36.5 Å². The van der Waals surface area contributed by atoms with Crippen molar-refractivity contribution < 1.29 is 14.5 Å². The minimum absolute atomic E-state index is 0.0987. The Morgan fingerprint density at radius 2 is 2.23 bits per heavy atom. The van der Waals surface area contributed by atoms with Crippen LogP contribution in [-0.4, -0.2) is 29.0 Å². The Morgan fingerprint density at radius 1 is 1.46 bits per heavy atom. The molecule has 26 heavy (non-hydrogen) atoms. The highest BCUT2D eigenvalue weighted by Gasteiger charge is 2.20. The molecule has 0 N–H and O–H groups in total. The lowest BCUT2D eigenvalue weighted by atomic mass is 10.2. The number of ether oxygens (including phenoxy) is 1. The molecule has 0 aliphatic rings. The van der Waals surface area contributed by atoms with Crippen molar-refractivity contribution >= 4 is 29.0 Å². The van der Waals surface area contributed by atoms with E-state index >= 15 is 0 Å². The summed E-state index contributed by atoms with van der Waals surface area (Å²) in [6.07, 6.45) is 1.39. The van der Waals surface area contributed by atoms with Gasteiger partial charge in [-0.25, -0.2) is 0 Å². The van der Waals surface area contributed by atoms with Crippen LogP contribution < -0.4 is 9.64 Å². The van der Waals surface area contributed by atoms with Crippen LogP contribution in [0.4, 0.5) is 11.5 Å². The maximum absolute atomic E-state index is 12.6. The number of hydrogen-bond acceptors (Lipinski definition) is 6. The average molecular weight is 375 g/mol. The molecule has 1 aromatic carbocycles. The van der Waals surface area contributed by atoms with E-state index in [0.29, 0.717) is 10.7 Å². The third kappa shape index (κ3) is 4.68. The Kier molecular flexibility index (Phi) is 6.47. The Labute approximate surface area is 154 Å². The number of amides is 1. The van der Waals surface area contributed by atoms with Crippen molar-refractivity contribution in [3.8, 4) is 11.8 Å². The first kappa shape index (κ1) is 19.1. The van der Waals surface area contributed by atoms with E-state index in [0.717, 1.165) is 5.56 Å². The highest BCUT2D eigenvalue weighted by atomic mass is 35.5. The summed E-state index contributed by atoms with van der Waals surface area (Å²) in [5.41, 5.74) is 1.35. The molecule has 8 nitrogen and oxygen atoms in total. The van der Waals surface area contributed by atoms with Gasteiger partial charge in [0.15, 0.2) is 6.61 Å². The SMILES string of the molecule is Cc1cc(N(CCC#N)C(=O)COc2cccnc2[N+](=O)[O-])ccc1Cl. The number of hydrogen-bond donors (Lipinski definition) is 0. The van der Waals surface area contributed by atoms with Gasteiger partial charge in [0.1, 0.15) is 6.20 Å². The summed E-state index contributed by atoms with van der Waals surface area (Å²) in [6.45, 7) is 1.53. The van der Waals surface area contributed by atoms with Crippen LogP contribution in [0.2, 0.25) is 5.02 Å². The maximum atomic E-state index is 12.6. The maximum Gasteiger partial charge on any atom is 0.406 e. The van der Waals surface area contributed by atoms with Gasteiger partial charge in [0.25, 0.3) is 5.91 Å². The summed E-state index contributed by atoms with van der Waals surface area (Å²) in [6, 6.07) is 9.88. The zero-order valence-corrected chi connectivity index (χ0v) is 14.6. The summed E-state index contributed by atoms with van der Waals surface area (Å²) in [5, 5.41) is 20.3. The fourth-order valence-corrected chi connectivity index (χ4v) is 2.32. The molecule has 0 bridgehead atoms. The molecule has 1 aromatic heterocycles. The number of nitro groups is 1. The first-order valence-corrected chi connectivity index (χ1v) is 7.97. The quantitative estimate of drug-likeness (QED) is 0.543. The summed E-state index contributed by atoms with van der Waals surface area (Å²) in [5.74, 6) is -1.01. The zero-order valence-electron chi connectivity index (χ0n) is 13.9. The molecular weight excluding hydrogens is 360 g/mol. The molecule has 0 spiro atoms. The molecule has 1 heterocycles. The van der Waals surface area contributed by atoms with Crippen molar-refractivity contribution in [2.24, 2.45) is 0 Å². The molecular formula is C17H15ClN4O4. The van der Waals surface area contributed by atoms with Crippen molar-refractivity contribution in [2.75, 3.05) is 18.1 Å². The number of rotatable bonds is 7. The third-order valence-corrected chi connectivity index (χ3v) is 3.90. The summed E-state index contributed by atoms with van der Waals surface area (Å²) in [7, 11) is 0. The molecule has 0 saturated carbocycles. The van der Waals surface area contributed by atoms with Gasteiger partial charge in [-0.3, -0.25) is 4.79 Å². The van der Waals surface area contributed by atoms with E-state index in [9.17, 15) is 14.9 Å². The molecule has 0 atom stereocenters. The molecule has 0 saturated heterocycles. The van der Waals surface area contributed by atoms with Gasteiger partial charge in [-0.15, -0.1) is 0 Å². The minimum Gasteiger partial charge on any atom is -0.476 e. The first-order chi connectivity index (χ1) is 12.4. The Balaban J connectivity index is 2.18. The largest absolute Gasteiger partial charge is 0.476 e. The average Bonchev–Trinajstić information content (AvgIpc) is 2.63. The lowest BCUT2D eigenvalue weighted by Gasteiger charge is -2.22. The topological polar surface area (TPSA) is 109 Å². The van der Waals surface area contributed by atoms with Gasteiger partial charge in [0, 0.05) is 17.3 Å². The molecule has 0 radical (unpaired) electrons. The van der Waals surface area contributed by atoms with Crippen LogP contribution in [-0.2, 0) is 4.79 Å². The minimum atomic E-state index is -0.685. The van der Waals surface area contributed by atoms with Crippen molar-refractivity contribution in [3.05, 3.63) is 57.2 Å². The van der Waals surface area contributed by atoms with Crippen LogP contribution in [0.5, 0.6) is 5.75 Å². The number of carbonyl (C=O) groups is 1. The summed E-state index contributed by atoms with van der Waals surface area (Å²) < 4.78 is 5.29. The number of pyridine rings is 1. The van der Waals surface area contributed by atoms with Crippen LogP contribution in [0.25, 0.3) is 0 Å². The van der Waals surface area contributed by atoms with Crippen molar-refractivity contribution in [1.29, 1.82) is 5.26 Å². The zero-order chi connectivity index (χ0) is 19.1. The number of benzene rings is 1. The number of nitrogens with zero attached hydrogens (tertiary/aromatic N) is 4. The van der Waals surface area contributed by atoms with Crippen molar-refractivity contribution in [1.82, 2.24) is 4.98 Å². The second kappa shape index (κ2) is 8.78. The van der Waals surface area contributed by atoms with Gasteiger partial charge in [-0.05, 0) is 52.7 Å². The number of anilines is 1. The van der Waals surface area contributed by atoms with Gasteiger partial charge < -0.3 is 19.8 Å². The molecule has 1 amide bonds. The lowest BCUT2D eigenvalue weighted by Crippen LogP contribution is -2.35. The smallest absolute Gasteiger partial charge is 0.406 e. The van der Waals surface area contributed by atoms with Crippen LogP contribution in [0.3, 0.4) is 0 Å². The predicted molar refractivity (Wildman–Crippen MR) is 95.2 cm³/mol. The second-order valence-electron chi connectivity index (χ2n) is 5.26. The summed E-state index contributed by atoms with van der Waals surface area (Å²) >= 11 is 6.01.